The summed E-state index contributed by atoms with van der Waals surface area (Å²) in [5, 5.41) is 2.96. The Labute approximate surface area is 204 Å². The van der Waals surface area contributed by atoms with Crippen LogP contribution < -0.4 is 15.0 Å². The van der Waals surface area contributed by atoms with E-state index in [2.05, 4.69) is 17.1 Å². The number of fused-ring (bicyclic) bond motifs is 1. The van der Waals surface area contributed by atoms with Crippen LogP contribution in [0, 0.1) is 18.7 Å². The van der Waals surface area contributed by atoms with Gasteiger partial charge in [-0.05, 0) is 49.9 Å². The molecule has 0 aliphatic carbocycles. The van der Waals surface area contributed by atoms with Gasteiger partial charge in [-0.3, -0.25) is 0 Å². The highest BCUT2D eigenvalue weighted by Gasteiger charge is 2.29. The molecule has 1 saturated heterocycles. The van der Waals surface area contributed by atoms with Crippen LogP contribution in [0.2, 0.25) is 0 Å². The fourth-order valence-corrected chi connectivity index (χ4v) is 4.46. The lowest BCUT2D eigenvalue weighted by atomic mass is 9.99. The molecule has 0 spiro atoms. The zero-order valence-corrected chi connectivity index (χ0v) is 20.1. The maximum absolute atomic E-state index is 13.8. The number of anilines is 2. The van der Waals surface area contributed by atoms with Gasteiger partial charge in [-0.2, -0.15) is 4.98 Å². The van der Waals surface area contributed by atoms with E-state index < -0.39 is 0 Å². The van der Waals surface area contributed by atoms with Gasteiger partial charge in [-0.1, -0.05) is 30.7 Å². The minimum absolute atomic E-state index is 0.190. The van der Waals surface area contributed by atoms with Crippen LogP contribution in [0.15, 0.2) is 48.5 Å². The molecule has 1 fully saturated rings. The molecule has 2 aromatic carbocycles. The number of ether oxygens (including phenoxy) is 1. The molecule has 0 radical (unpaired) electrons. The van der Waals surface area contributed by atoms with Gasteiger partial charge < -0.3 is 19.9 Å². The predicted octanol–water partition coefficient (Wildman–Crippen LogP) is 5.54. The van der Waals surface area contributed by atoms with Gasteiger partial charge in [0.05, 0.1) is 17.8 Å². The van der Waals surface area contributed by atoms with Crippen molar-refractivity contribution in [3.05, 3.63) is 71.2 Å². The van der Waals surface area contributed by atoms with Crippen molar-refractivity contribution in [2.75, 3.05) is 29.9 Å². The first-order valence-corrected chi connectivity index (χ1v) is 12.2. The minimum Gasteiger partial charge on any atom is -0.438 e. The van der Waals surface area contributed by atoms with Crippen molar-refractivity contribution in [1.82, 2.24) is 14.9 Å². The van der Waals surface area contributed by atoms with Crippen molar-refractivity contribution in [1.29, 1.82) is 0 Å². The molecule has 0 atom stereocenters. The van der Waals surface area contributed by atoms with E-state index in [9.17, 15) is 9.18 Å². The summed E-state index contributed by atoms with van der Waals surface area (Å²) in [5.41, 5.74) is 3.51. The number of nitrogens with one attached hydrogen (secondary N) is 1. The molecule has 1 aromatic heterocycles. The van der Waals surface area contributed by atoms with Crippen LogP contribution in [0.3, 0.4) is 0 Å². The van der Waals surface area contributed by atoms with Crippen LogP contribution in [0.5, 0.6) is 11.6 Å². The first-order chi connectivity index (χ1) is 16.9. The van der Waals surface area contributed by atoms with E-state index in [1.165, 1.54) is 12.1 Å². The monoisotopic (exact) mass is 475 g/mol. The van der Waals surface area contributed by atoms with E-state index in [-0.39, 0.29) is 11.8 Å². The third kappa shape index (κ3) is 5.37. The molecule has 2 amide bonds. The van der Waals surface area contributed by atoms with Gasteiger partial charge in [-0.25, -0.2) is 14.2 Å². The van der Waals surface area contributed by atoms with E-state index in [1.54, 1.807) is 17.0 Å². The summed E-state index contributed by atoms with van der Waals surface area (Å²) in [4.78, 5) is 26.5. The number of aryl methyl sites for hydroxylation is 1. The van der Waals surface area contributed by atoms with Crippen LogP contribution >= 0.6 is 0 Å². The Kier molecular flexibility index (Phi) is 6.53. The van der Waals surface area contributed by atoms with Crippen molar-refractivity contribution in [2.24, 2.45) is 5.92 Å². The number of aromatic nitrogens is 2. The van der Waals surface area contributed by atoms with E-state index in [0.717, 1.165) is 48.4 Å². The molecule has 5 rings (SSSR count). The number of rotatable bonds is 4. The Bertz CT molecular complexity index is 1210. The largest absolute Gasteiger partial charge is 0.438 e. The third-order valence-corrected chi connectivity index (χ3v) is 6.68. The second-order valence-corrected chi connectivity index (χ2v) is 9.45. The fourth-order valence-electron chi connectivity index (χ4n) is 4.46. The molecule has 2 aliphatic rings. The van der Waals surface area contributed by atoms with Crippen LogP contribution in [0.1, 0.15) is 36.6 Å². The summed E-state index contributed by atoms with van der Waals surface area (Å²) < 4.78 is 19.9. The highest BCUT2D eigenvalue weighted by atomic mass is 19.1. The first kappa shape index (κ1) is 23.1. The average molecular weight is 476 g/mol. The molecule has 3 aromatic rings. The number of urea groups is 1. The van der Waals surface area contributed by atoms with Gasteiger partial charge >= 0.3 is 6.03 Å². The number of piperidine rings is 1. The molecule has 1 N–H and O–H groups in total. The molecule has 2 aliphatic heterocycles. The summed E-state index contributed by atoms with van der Waals surface area (Å²) in [6.45, 7) is 6.91. The maximum atomic E-state index is 13.8. The molecular formula is C27H30FN5O2. The van der Waals surface area contributed by atoms with Crippen molar-refractivity contribution >= 4 is 17.7 Å². The summed E-state index contributed by atoms with van der Waals surface area (Å²) in [7, 11) is 0. The Balaban J connectivity index is 1.42. The molecule has 3 heterocycles. The molecule has 182 valence electrons. The minimum atomic E-state index is -0.380. The average Bonchev–Trinajstić information content (AvgIpc) is 2.85. The Morgan fingerprint density at radius 1 is 1.09 bits per heavy atom. The number of benzene rings is 2. The maximum Gasteiger partial charge on any atom is 0.322 e. The second-order valence-electron chi connectivity index (χ2n) is 9.45. The summed E-state index contributed by atoms with van der Waals surface area (Å²) >= 11 is 0. The quantitative estimate of drug-likeness (QED) is 0.536. The highest BCUT2D eigenvalue weighted by molar-refractivity contribution is 5.89. The predicted molar refractivity (Wildman–Crippen MR) is 133 cm³/mol. The van der Waals surface area contributed by atoms with Crippen LogP contribution in [-0.2, 0) is 13.0 Å². The summed E-state index contributed by atoms with van der Waals surface area (Å²) in [6, 6.07) is 13.5. The Morgan fingerprint density at radius 3 is 2.60 bits per heavy atom. The number of amides is 2. The van der Waals surface area contributed by atoms with E-state index in [0.29, 0.717) is 43.0 Å². The summed E-state index contributed by atoms with van der Waals surface area (Å²) in [6.07, 6.45) is 2.77. The molecule has 0 bridgehead atoms. The van der Waals surface area contributed by atoms with Gasteiger partial charge in [0.2, 0.25) is 11.8 Å². The Morgan fingerprint density at radius 2 is 1.86 bits per heavy atom. The zero-order chi connectivity index (χ0) is 24.4. The van der Waals surface area contributed by atoms with Crippen LogP contribution in [0.25, 0.3) is 0 Å². The van der Waals surface area contributed by atoms with Gasteiger partial charge in [0.1, 0.15) is 11.6 Å². The van der Waals surface area contributed by atoms with Gasteiger partial charge in [-0.15, -0.1) is 0 Å². The van der Waals surface area contributed by atoms with Crippen molar-refractivity contribution < 1.29 is 13.9 Å². The third-order valence-electron chi connectivity index (χ3n) is 6.68. The number of hydrogen-bond acceptors (Lipinski definition) is 5. The second kappa shape index (κ2) is 9.90. The van der Waals surface area contributed by atoms with Crippen molar-refractivity contribution in [2.45, 2.75) is 39.7 Å². The molecule has 35 heavy (non-hydrogen) atoms. The van der Waals surface area contributed by atoms with E-state index in [4.69, 9.17) is 14.7 Å². The van der Waals surface area contributed by atoms with Crippen LogP contribution in [-0.4, -0.2) is 40.5 Å². The summed E-state index contributed by atoms with van der Waals surface area (Å²) in [5.74, 6) is 1.69. The first-order valence-electron chi connectivity index (χ1n) is 12.2. The SMILES string of the molecule is Cc1ccc(NC(=O)N2CCc3nc(N4CCC(C)CC4)nc(Oc4cccc(F)c4)c3C2)cc1. The van der Waals surface area contributed by atoms with E-state index in [1.807, 2.05) is 31.2 Å². The lowest BCUT2D eigenvalue weighted by molar-refractivity contribution is 0.205. The van der Waals surface area contributed by atoms with E-state index >= 15 is 0 Å². The molecule has 8 heteroatoms. The molecule has 0 saturated carbocycles. The molecule has 7 nitrogen and oxygen atoms in total. The van der Waals surface area contributed by atoms with Crippen molar-refractivity contribution in [3.8, 4) is 11.6 Å². The zero-order valence-electron chi connectivity index (χ0n) is 20.1. The lowest BCUT2D eigenvalue weighted by Gasteiger charge is -2.33. The Hall–Kier alpha value is -3.68. The van der Waals surface area contributed by atoms with Gasteiger partial charge in [0, 0.05) is 37.8 Å². The lowest BCUT2D eigenvalue weighted by Crippen LogP contribution is -2.40. The normalized spacial score (nSPS) is 16.1. The topological polar surface area (TPSA) is 70.6 Å². The molecular weight excluding hydrogens is 445 g/mol. The smallest absolute Gasteiger partial charge is 0.322 e. The molecule has 0 unspecified atom stereocenters. The van der Waals surface area contributed by atoms with Gasteiger partial charge in [0.25, 0.3) is 0 Å². The fraction of sp³-hybridized carbons (Fsp3) is 0.370. The number of carbonyl (C=O) groups is 1. The van der Waals surface area contributed by atoms with Crippen LogP contribution in [0.4, 0.5) is 20.8 Å². The standard InChI is InChI=1S/C27H30FN5O2/c1-18-6-8-21(9-7-18)29-27(34)33-15-12-24-23(17-33)25(35-22-5-3-4-20(28)16-22)31-26(30-24)32-13-10-19(2)11-14-32/h3-9,16,19H,10-15,17H2,1-2H3,(H,29,34). The number of hydrogen-bond donors (Lipinski definition) is 1. The number of halogens is 1. The number of carbonyl (C=O) groups excluding carboxylic acids is 1. The van der Waals surface area contributed by atoms with Crippen molar-refractivity contribution in [3.63, 3.8) is 0 Å². The number of nitrogens with zero attached hydrogens (tertiary/aromatic N) is 4. The highest BCUT2D eigenvalue weighted by Crippen LogP contribution is 2.33. The van der Waals surface area contributed by atoms with Gasteiger partial charge in [0.15, 0.2) is 0 Å².